The number of hydrogen-bond acceptors (Lipinski definition) is 2. The lowest BCUT2D eigenvalue weighted by Gasteiger charge is -2.12. The molecule has 2 heteroatoms. The van der Waals surface area contributed by atoms with E-state index < -0.39 is 0 Å². The average Bonchev–Trinajstić information content (AvgIpc) is 2.26. The summed E-state index contributed by atoms with van der Waals surface area (Å²) in [5, 5.41) is 3.41. The van der Waals surface area contributed by atoms with Crippen molar-refractivity contribution in [2.75, 3.05) is 13.2 Å². The Morgan fingerprint density at radius 1 is 1.12 bits per heavy atom. The molecule has 1 rings (SSSR count). The second-order valence-corrected chi connectivity index (χ2v) is 4.89. The van der Waals surface area contributed by atoms with Gasteiger partial charge in [0, 0.05) is 6.04 Å². The van der Waals surface area contributed by atoms with Gasteiger partial charge in [0.05, 0.1) is 6.61 Å². The third-order valence-electron chi connectivity index (χ3n) is 2.78. The van der Waals surface area contributed by atoms with Crippen LogP contribution in [0.5, 0.6) is 5.75 Å². The quantitative estimate of drug-likeness (QED) is 0.731. The number of unbranched alkanes of at least 4 members (excludes halogenated alkanes) is 1. The lowest BCUT2D eigenvalue weighted by atomic mass is 10.1. The maximum Gasteiger partial charge on any atom is 0.125 e. The molecule has 0 heterocycles. The van der Waals surface area contributed by atoms with Gasteiger partial charge in [0.25, 0.3) is 0 Å². The van der Waals surface area contributed by atoms with Gasteiger partial charge in [-0.1, -0.05) is 32.0 Å². The van der Waals surface area contributed by atoms with Gasteiger partial charge in [0.2, 0.25) is 0 Å². The molecule has 0 unspecified atom stereocenters. The first-order valence-electron chi connectivity index (χ1n) is 6.53. The van der Waals surface area contributed by atoms with Crippen LogP contribution >= 0.6 is 0 Å². The Morgan fingerprint density at radius 3 is 2.35 bits per heavy atom. The van der Waals surface area contributed by atoms with Gasteiger partial charge in [-0.25, -0.2) is 0 Å². The van der Waals surface area contributed by atoms with Crippen molar-refractivity contribution >= 4 is 0 Å². The maximum absolute atomic E-state index is 5.85. The first kappa shape index (κ1) is 14.0. The highest BCUT2D eigenvalue weighted by Crippen LogP contribution is 2.22. The molecule has 0 aliphatic heterocycles. The first-order chi connectivity index (χ1) is 8.11. The van der Waals surface area contributed by atoms with Gasteiger partial charge in [-0.2, -0.15) is 0 Å². The van der Waals surface area contributed by atoms with Crippen LogP contribution in [0.4, 0.5) is 0 Å². The summed E-state index contributed by atoms with van der Waals surface area (Å²) in [6, 6.07) is 6.85. The van der Waals surface area contributed by atoms with Gasteiger partial charge >= 0.3 is 0 Å². The molecule has 0 aromatic heterocycles. The molecule has 1 N–H and O–H groups in total. The molecule has 17 heavy (non-hydrogen) atoms. The van der Waals surface area contributed by atoms with Gasteiger partial charge in [-0.3, -0.25) is 0 Å². The van der Waals surface area contributed by atoms with E-state index in [9.17, 15) is 0 Å². The Balaban J connectivity index is 2.22. The molecule has 0 saturated heterocycles. The number of benzene rings is 1. The molecule has 0 aliphatic carbocycles. The van der Waals surface area contributed by atoms with Crippen LogP contribution < -0.4 is 10.1 Å². The number of ether oxygens (including phenoxy) is 1. The Labute approximate surface area is 105 Å². The van der Waals surface area contributed by atoms with Crippen LogP contribution in [0.15, 0.2) is 18.2 Å². The van der Waals surface area contributed by atoms with Crippen molar-refractivity contribution in [3.8, 4) is 5.75 Å². The van der Waals surface area contributed by atoms with Crippen molar-refractivity contribution in [2.45, 2.75) is 46.6 Å². The molecule has 0 spiro atoms. The highest BCUT2D eigenvalue weighted by atomic mass is 16.5. The van der Waals surface area contributed by atoms with Crippen molar-refractivity contribution in [3.05, 3.63) is 29.3 Å². The highest BCUT2D eigenvalue weighted by molar-refractivity contribution is 5.39. The second kappa shape index (κ2) is 7.33. The topological polar surface area (TPSA) is 21.3 Å². The Hall–Kier alpha value is -1.02. The molecule has 1 aromatic carbocycles. The standard InChI is InChI=1S/C15H25NO/c1-12(2)16-10-5-6-11-17-15-13(3)8-7-9-14(15)4/h7-9,12,16H,5-6,10-11H2,1-4H3. The van der Waals surface area contributed by atoms with Crippen molar-refractivity contribution < 1.29 is 4.74 Å². The molecule has 0 atom stereocenters. The Kier molecular flexibility index (Phi) is 6.06. The van der Waals surface area contributed by atoms with Gasteiger partial charge in [0.1, 0.15) is 5.75 Å². The molecular formula is C15H25NO. The van der Waals surface area contributed by atoms with Crippen molar-refractivity contribution in [1.29, 1.82) is 0 Å². The largest absolute Gasteiger partial charge is 0.493 e. The third-order valence-corrected chi connectivity index (χ3v) is 2.78. The smallest absolute Gasteiger partial charge is 0.125 e. The van der Waals surface area contributed by atoms with Gasteiger partial charge in [0.15, 0.2) is 0 Å². The van der Waals surface area contributed by atoms with Crippen LogP contribution in [-0.4, -0.2) is 19.2 Å². The second-order valence-electron chi connectivity index (χ2n) is 4.89. The summed E-state index contributed by atoms with van der Waals surface area (Å²) in [5.74, 6) is 1.06. The fraction of sp³-hybridized carbons (Fsp3) is 0.600. The zero-order chi connectivity index (χ0) is 12.7. The summed E-state index contributed by atoms with van der Waals surface area (Å²) in [6.45, 7) is 10.4. The number of rotatable bonds is 7. The van der Waals surface area contributed by atoms with E-state index in [0.29, 0.717) is 6.04 Å². The fourth-order valence-corrected chi connectivity index (χ4v) is 1.82. The molecule has 1 aromatic rings. The van der Waals surface area contributed by atoms with E-state index in [1.165, 1.54) is 17.5 Å². The fourth-order valence-electron chi connectivity index (χ4n) is 1.82. The van der Waals surface area contributed by atoms with E-state index in [4.69, 9.17) is 4.74 Å². The molecule has 0 bridgehead atoms. The van der Waals surface area contributed by atoms with Gasteiger partial charge in [-0.05, 0) is 44.4 Å². The Bertz CT molecular complexity index is 313. The van der Waals surface area contributed by atoms with Crippen LogP contribution in [0, 0.1) is 13.8 Å². The molecule has 0 saturated carbocycles. The zero-order valence-electron chi connectivity index (χ0n) is 11.5. The minimum absolute atomic E-state index is 0.578. The number of aryl methyl sites for hydroxylation is 2. The number of para-hydroxylation sites is 1. The summed E-state index contributed by atoms with van der Waals surface area (Å²) < 4.78 is 5.85. The van der Waals surface area contributed by atoms with Crippen LogP contribution in [0.1, 0.15) is 37.8 Å². The predicted octanol–water partition coefficient (Wildman–Crippen LogP) is 3.46. The Morgan fingerprint density at radius 2 is 1.76 bits per heavy atom. The van der Waals surface area contributed by atoms with Gasteiger partial charge in [-0.15, -0.1) is 0 Å². The van der Waals surface area contributed by atoms with Crippen LogP contribution in [0.25, 0.3) is 0 Å². The van der Waals surface area contributed by atoms with Crippen molar-refractivity contribution in [1.82, 2.24) is 5.32 Å². The maximum atomic E-state index is 5.85. The molecule has 96 valence electrons. The molecule has 0 aliphatic rings. The van der Waals surface area contributed by atoms with Crippen molar-refractivity contribution in [3.63, 3.8) is 0 Å². The first-order valence-corrected chi connectivity index (χ1v) is 6.53. The summed E-state index contributed by atoms with van der Waals surface area (Å²) in [4.78, 5) is 0. The van der Waals surface area contributed by atoms with Crippen molar-refractivity contribution in [2.24, 2.45) is 0 Å². The number of hydrogen-bond donors (Lipinski definition) is 1. The molecular weight excluding hydrogens is 210 g/mol. The zero-order valence-corrected chi connectivity index (χ0v) is 11.5. The van der Waals surface area contributed by atoms with Crippen LogP contribution in [-0.2, 0) is 0 Å². The van der Waals surface area contributed by atoms with Crippen LogP contribution in [0.3, 0.4) is 0 Å². The molecule has 0 amide bonds. The highest BCUT2D eigenvalue weighted by Gasteiger charge is 2.02. The summed E-state index contributed by atoms with van der Waals surface area (Å²) in [7, 11) is 0. The third kappa shape index (κ3) is 5.22. The molecule has 0 radical (unpaired) electrons. The number of nitrogens with one attached hydrogen (secondary N) is 1. The molecule has 0 fully saturated rings. The van der Waals surface area contributed by atoms with Gasteiger partial charge < -0.3 is 10.1 Å². The normalized spacial score (nSPS) is 10.9. The lowest BCUT2D eigenvalue weighted by Crippen LogP contribution is -2.23. The summed E-state index contributed by atoms with van der Waals surface area (Å²) in [6.07, 6.45) is 2.27. The predicted molar refractivity (Wildman–Crippen MR) is 73.8 cm³/mol. The van der Waals surface area contributed by atoms with E-state index in [1.54, 1.807) is 0 Å². The summed E-state index contributed by atoms with van der Waals surface area (Å²) in [5.41, 5.74) is 2.45. The monoisotopic (exact) mass is 235 g/mol. The summed E-state index contributed by atoms with van der Waals surface area (Å²) >= 11 is 0. The lowest BCUT2D eigenvalue weighted by molar-refractivity contribution is 0.301. The van der Waals surface area contributed by atoms with Crippen LogP contribution in [0.2, 0.25) is 0 Å². The van der Waals surface area contributed by atoms with E-state index in [0.717, 1.165) is 25.3 Å². The SMILES string of the molecule is Cc1cccc(C)c1OCCCCNC(C)C. The van der Waals surface area contributed by atoms with E-state index >= 15 is 0 Å². The molecule has 2 nitrogen and oxygen atoms in total. The van der Waals surface area contributed by atoms with E-state index in [-0.39, 0.29) is 0 Å². The minimum Gasteiger partial charge on any atom is -0.493 e. The average molecular weight is 235 g/mol. The van der Waals surface area contributed by atoms with E-state index in [1.807, 2.05) is 0 Å². The minimum atomic E-state index is 0.578. The van der Waals surface area contributed by atoms with E-state index in [2.05, 4.69) is 51.2 Å².